The van der Waals surface area contributed by atoms with Crippen molar-refractivity contribution < 1.29 is 4.74 Å². The lowest BCUT2D eigenvalue weighted by Gasteiger charge is -2.00. The van der Waals surface area contributed by atoms with Crippen molar-refractivity contribution in [2.24, 2.45) is 0 Å². The summed E-state index contributed by atoms with van der Waals surface area (Å²) < 4.78 is 6.75. The highest BCUT2D eigenvalue weighted by atomic mass is 32.1. The number of ether oxygens (including phenoxy) is 1. The van der Waals surface area contributed by atoms with Crippen LogP contribution in [0.4, 0.5) is 0 Å². The Morgan fingerprint density at radius 3 is 2.83 bits per heavy atom. The molecule has 0 saturated heterocycles. The maximum absolute atomic E-state index is 12.1. The summed E-state index contributed by atoms with van der Waals surface area (Å²) in [4.78, 5) is 17.5. The quantitative estimate of drug-likeness (QED) is 0.619. The van der Waals surface area contributed by atoms with Gasteiger partial charge in [0.25, 0.3) is 5.56 Å². The molecule has 4 aromatic rings. The first-order valence-corrected chi connectivity index (χ1v) is 8.38. The van der Waals surface area contributed by atoms with E-state index in [0.717, 1.165) is 21.7 Å². The highest BCUT2D eigenvalue weighted by molar-refractivity contribution is 7.14. The molecule has 0 radical (unpaired) electrons. The minimum absolute atomic E-state index is 0.136. The van der Waals surface area contributed by atoms with Gasteiger partial charge in [0.15, 0.2) is 5.65 Å². The summed E-state index contributed by atoms with van der Waals surface area (Å²) in [6, 6.07) is 13.8. The van der Waals surface area contributed by atoms with Gasteiger partial charge in [-0.2, -0.15) is 0 Å². The molecule has 1 N–H and O–H groups in total. The Labute approximate surface area is 142 Å². The molecule has 4 rings (SSSR count). The van der Waals surface area contributed by atoms with Gasteiger partial charge in [-0.1, -0.05) is 30.3 Å². The molecule has 3 heterocycles. The third-order valence-electron chi connectivity index (χ3n) is 3.86. The number of thiophene rings is 1. The van der Waals surface area contributed by atoms with Gasteiger partial charge in [0.05, 0.1) is 17.9 Å². The maximum Gasteiger partial charge on any atom is 0.272 e. The molecule has 0 spiro atoms. The van der Waals surface area contributed by atoms with E-state index in [1.54, 1.807) is 18.4 Å². The zero-order valence-electron chi connectivity index (χ0n) is 13.0. The van der Waals surface area contributed by atoms with Crippen LogP contribution in [0, 0.1) is 0 Å². The van der Waals surface area contributed by atoms with Gasteiger partial charge in [0.2, 0.25) is 0 Å². The van der Waals surface area contributed by atoms with Crippen molar-refractivity contribution in [2.75, 3.05) is 7.11 Å². The number of rotatable bonds is 4. The molecule has 120 valence electrons. The number of methoxy groups -OCH3 is 1. The van der Waals surface area contributed by atoms with Gasteiger partial charge in [0.1, 0.15) is 0 Å². The van der Waals surface area contributed by atoms with Crippen LogP contribution < -0.4 is 5.56 Å². The van der Waals surface area contributed by atoms with E-state index >= 15 is 0 Å². The predicted octanol–water partition coefficient (Wildman–Crippen LogP) is 3.56. The number of aromatic nitrogens is 3. The summed E-state index contributed by atoms with van der Waals surface area (Å²) in [6.45, 7) is 0.386. The average molecular weight is 337 g/mol. The van der Waals surface area contributed by atoms with Crippen molar-refractivity contribution >= 4 is 17.0 Å². The van der Waals surface area contributed by atoms with E-state index < -0.39 is 0 Å². The number of benzene rings is 1. The third-order valence-corrected chi connectivity index (χ3v) is 4.81. The first-order valence-electron chi connectivity index (χ1n) is 7.50. The monoisotopic (exact) mass is 337 g/mol. The molecular formula is C18H15N3O2S. The number of aromatic amines is 1. The van der Waals surface area contributed by atoms with Crippen molar-refractivity contribution in [1.29, 1.82) is 0 Å². The molecule has 0 aliphatic heterocycles. The van der Waals surface area contributed by atoms with Gasteiger partial charge in [-0.05, 0) is 22.6 Å². The van der Waals surface area contributed by atoms with Gasteiger partial charge in [0, 0.05) is 24.3 Å². The van der Waals surface area contributed by atoms with E-state index in [9.17, 15) is 4.79 Å². The Morgan fingerprint density at radius 2 is 2.04 bits per heavy atom. The minimum Gasteiger partial charge on any atom is -0.378 e. The normalized spacial score (nSPS) is 11.2. The Morgan fingerprint density at radius 1 is 1.21 bits per heavy atom. The van der Waals surface area contributed by atoms with Crippen molar-refractivity contribution in [2.45, 2.75) is 6.61 Å². The van der Waals surface area contributed by atoms with Crippen LogP contribution in [0.5, 0.6) is 0 Å². The smallest absolute Gasteiger partial charge is 0.272 e. The van der Waals surface area contributed by atoms with Crippen LogP contribution in [-0.2, 0) is 11.3 Å². The van der Waals surface area contributed by atoms with Gasteiger partial charge in [-0.25, -0.2) is 9.50 Å². The summed E-state index contributed by atoms with van der Waals surface area (Å²) in [5, 5.41) is 5.22. The molecule has 3 aromatic heterocycles. The van der Waals surface area contributed by atoms with Crippen LogP contribution in [0.2, 0.25) is 0 Å². The molecule has 0 amide bonds. The van der Waals surface area contributed by atoms with E-state index in [4.69, 9.17) is 4.74 Å². The van der Waals surface area contributed by atoms with Crippen LogP contribution in [0.3, 0.4) is 0 Å². The average Bonchev–Trinajstić information content (AvgIpc) is 3.21. The number of nitrogens with zero attached hydrogens (tertiary/aromatic N) is 2. The van der Waals surface area contributed by atoms with Crippen LogP contribution in [-0.4, -0.2) is 21.7 Å². The summed E-state index contributed by atoms with van der Waals surface area (Å²) in [5.74, 6) is 0. The molecule has 24 heavy (non-hydrogen) atoms. The van der Waals surface area contributed by atoms with E-state index in [0.29, 0.717) is 12.3 Å². The SMILES string of the molecule is COCc1[nH]n2c(=O)ccnc2c1-c1cc(-c2ccccc2)cs1. The fourth-order valence-electron chi connectivity index (χ4n) is 2.78. The van der Waals surface area contributed by atoms with Crippen LogP contribution >= 0.6 is 11.3 Å². The van der Waals surface area contributed by atoms with Crippen molar-refractivity contribution in [1.82, 2.24) is 14.6 Å². The summed E-state index contributed by atoms with van der Waals surface area (Å²) >= 11 is 1.63. The van der Waals surface area contributed by atoms with Gasteiger partial charge < -0.3 is 4.74 Å². The lowest BCUT2D eigenvalue weighted by Crippen LogP contribution is -2.12. The Bertz CT molecular complexity index is 1050. The van der Waals surface area contributed by atoms with Crippen molar-refractivity contribution in [3.8, 4) is 21.6 Å². The summed E-state index contributed by atoms with van der Waals surface area (Å²) in [5.41, 5.74) is 4.56. The van der Waals surface area contributed by atoms with Crippen LogP contribution in [0.1, 0.15) is 5.69 Å². The van der Waals surface area contributed by atoms with Crippen molar-refractivity contribution in [3.63, 3.8) is 0 Å². The van der Waals surface area contributed by atoms with E-state index in [1.807, 2.05) is 18.2 Å². The summed E-state index contributed by atoms with van der Waals surface area (Å²) in [6.07, 6.45) is 1.54. The number of fused-ring (bicyclic) bond motifs is 1. The number of nitrogens with one attached hydrogen (secondary N) is 1. The molecule has 5 nitrogen and oxygen atoms in total. The Kier molecular flexibility index (Phi) is 3.76. The molecule has 0 aliphatic rings. The topological polar surface area (TPSA) is 59.4 Å². The van der Waals surface area contributed by atoms with Crippen molar-refractivity contribution in [3.05, 3.63) is 70.1 Å². The van der Waals surface area contributed by atoms with Crippen LogP contribution in [0.15, 0.2) is 58.8 Å². The number of H-pyrrole nitrogens is 1. The standard InChI is InChI=1S/C18H15N3O2S/c1-23-10-14-17(18-19-8-7-16(22)21(18)20-14)15-9-13(11-24-15)12-5-3-2-4-6-12/h2-9,11,20H,10H2,1H3. The first kappa shape index (κ1) is 14.9. The lowest BCUT2D eigenvalue weighted by atomic mass is 10.1. The van der Waals surface area contributed by atoms with E-state index in [2.05, 4.69) is 33.7 Å². The molecule has 0 bridgehead atoms. The zero-order chi connectivity index (χ0) is 16.5. The highest BCUT2D eigenvalue weighted by Gasteiger charge is 2.17. The van der Waals surface area contributed by atoms with E-state index in [1.165, 1.54) is 22.3 Å². The second-order valence-electron chi connectivity index (χ2n) is 5.41. The fourth-order valence-corrected chi connectivity index (χ4v) is 3.76. The molecule has 0 aliphatic carbocycles. The molecule has 0 fully saturated rings. The molecule has 1 aromatic carbocycles. The number of hydrogen-bond acceptors (Lipinski definition) is 4. The Hall–Kier alpha value is -2.70. The second kappa shape index (κ2) is 6.07. The molecule has 6 heteroatoms. The molecule has 0 atom stereocenters. The fraction of sp³-hybridized carbons (Fsp3) is 0.111. The molecule has 0 saturated carbocycles. The molecule has 0 unspecified atom stereocenters. The summed E-state index contributed by atoms with van der Waals surface area (Å²) in [7, 11) is 1.63. The number of hydrogen-bond donors (Lipinski definition) is 1. The predicted molar refractivity (Wildman–Crippen MR) is 95.3 cm³/mol. The van der Waals surface area contributed by atoms with E-state index in [-0.39, 0.29) is 5.56 Å². The molecular weight excluding hydrogens is 322 g/mol. The second-order valence-corrected chi connectivity index (χ2v) is 6.32. The third kappa shape index (κ3) is 2.46. The zero-order valence-corrected chi connectivity index (χ0v) is 13.8. The van der Waals surface area contributed by atoms with Gasteiger partial charge in [-0.3, -0.25) is 9.89 Å². The Balaban J connectivity index is 1.90. The minimum atomic E-state index is -0.136. The highest BCUT2D eigenvalue weighted by Crippen LogP contribution is 2.36. The maximum atomic E-state index is 12.1. The van der Waals surface area contributed by atoms with Gasteiger partial charge in [-0.15, -0.1) is 11.3 Å². The lowest BCUT2D eigenvalue weighted by molar-refractivity contribution is 0.181. The largest absolute Gasteiger partial charge is 0.378 e. The van der Waals surface area contributed by atoms with Crippen LogP contribution in [0.25, 0.3) is 27.2 Å². The van der Waals surface area contributed by atoms with Gasteiger partial charge >= 0.3 is 0 Å². The first-order chi connectivity index (χ1) is 11.8.